The van der Waals surface area contributed by atoms with Gasteiger partial charge in [0.15, 0.2) is 0 Å². The Morgan fingerprint density at radius 1 is 1.38 bits per heavy atom. The molecule has 2 fully saturated rings. The van der Waals surface area contributed by atoms with Gasteiger partial charge in [-0.3, -0.25) is 0 Å². The maximum Gasteiger partial charge on any atom is 0.0124 e. The second kappa shape index (κ2) is 3.97. The van der Waals surface area contributed by atoms with Gasteiger partial charge in [0.2, 0.25) is 0 Å². The summed E-state index contributed by atoms with van der Waals surface area (Å²) in [6.07, 6.45) is 7.01. The highest BCUT2D eigenvalue weighted by Gasteiger charge is 2.36. The van der Waals surface area contributed by atoms with Crippen LogP contribution in [0.5, 0.6) is 0 Å². The van der Waals surface area contributed by atoms with Gasteiger partial charge in [-0.25, -0.2) is 0 Å². The highest BCUT2D eigenvalue weighted by Crippen LogP contribution is 2.37. The average molecular weight is 182 g/mol. The molecule has 0 amide bonds. The van der Waals surface area contributed by atoms with Gasteiger partial charge in [-0.1, -0.05) is 6.42 Å². The molecule has 2 N–H and O–H groups in total. The fraction of sp³-hybridized carbons (Fsp3) is 1.00. The van der Waals surface area contributed by atoms with Crippen molar-refractivity contribution in [2.24, 2.45) is 11.7 Å². The SMILES string of the molecule is CC(N)CCN1CCC2CCCC21. The second-order valence-electron chi connectivity index (χ2n) is 4.85. The summed E-state index contributed by atoms with van der Waals surface area (Å²) in [6.45, 7) is 4.68. The van der Waals surface area contributed by atoms with Gasteiger partial charge in [-0.2, -0.15) is 0 Å². The summed E-state index contributed by atoms with van der Waals surface area (Å²) >= 11 is 0. The lowest BCUT2D eigenvalue weighted by Gasteiger charge is -2.24. The van der Waals surface area contributed by atoms with Crippen molar-refractivity contribution in [1.29, 1.82) is 0 Å². The molecule has 0 aromatic heterocycles. The Morgan fingerprint density at radius 2 is 2.23 bits per heavy atom. The number of hydrogen-bond acceptors (Lipinski definition) is 2. The highest BCUT2D eigenvalue weighted by molar-refractivity contribution is 4.91. The minimum atomic E-state index is 0.375. The maximum absolute atomic E-state index is 5.78. The summed E-state index contributed by atoms with van der Waals surface area (Å²) in [7, 11) is 0. The second-order valence-corrected chi connectivity index (χ2v) is 4.85. The monoisotopic (exact) mass is 182 g/mol. The number of nitrogens with zero attached hydrogens (tertiary/aromatic N) is 1. The number of nitrogens with two attached hydrogens (primary N) is 1. The smallest absolute Gasteiger partial charge is 0.0124 e. The summed E-state index contributed by atoms with van der Waals surface area (Å²) in [5.74, 6) is 1.04. The quantitative estimate of drug-likeness (QED) is 0.718. The van der Waals surface area contributed by atoms with Crippen molar-refractivity contribution in [3.8, 4) is 0 Å². The van der Waals surface area contributed by atoms with E-state index in [1.54, 1.807) is 0 Å². The molecule has 2 nitrogen and oxygen atoms in total. The van der Waals surface area contributed by atoms with Crippen LogP contribution in [0.15, 0.2) is 0 Å². The molecule has 2 aliphatic rings. The van der Waals surface area contributed by atoms with E-state index in [1.807, 2.05) is 0 Å². The molecule has 3 unspecified atom stereocenters. The molecule has 2 rings (SSSR count). The molecule has 0 spiro atoms. The van der Waals surface area contributed by atoms with Crippen molar-refractivity contribution in [2.45, 2.75) is 51.1 Å². The Balaban J connectivity index is 1.80. The third-order valence-corrected chi connectivity index (χ3v) is 3.75. The van der Waals surface area contributed by atoms with E-state index in [-0.39, 0.29) is 0 Å². The maximum atomic E-state index is 5.78. The van der Waals surface area contributed by atoms with Crippen molar-refractivity contribution in [1.82, 2.24) is 4.90 Å². The topological polar surface area (TPSA) is 29.3 Å². The van der Waals surface area contributed by atoms with Crippen molar-refractivity contribution < 1.29 is 0 Å². The molecule has 0 bridgehead atoms. The summed E-state index contributed by atoms with van der Waals surface area (Å²) in [5, 5.41) is 0. The van der Waals surface area contributed by atoms with Gasteiger partial charge in [-0.15, -0.1) is 0 Å². The van der Waals surface area contributed by atoms with Crippen LogP contribution in [0.1, 0.15) is 39.0 Å². The predicted octanol–water partition coefficient (Wildman–Crippen LogP) is 1.60. The van der Waals surface area contributed by atoms with Crippen LogP contribution in [-0.2, 0) is 0 Å². The molecule has 1 saturated heterocycles. The Hall–Kier alpha value is -0.0800. The zero-order valence-corrected chi connectivity index (χ0v) is 8.71. The number of likely N-dealkylation sites (tertiary alicyclic amines) is 1. The van der Waals surface area contributed by atoms with Gasteiger partial charge in [-0.05, 0) is 51.6 Å². The summed E-state index contributed by atoms with van der Waals surface area (Å²) in [6, 6.07) is 1.30. The molecule has 1 aliphatic carbocycles. The normalized spacial score (nSPS) is 36.5. The molecule has 76 valence electrons. The zero-order chi connectivity index (χ0) is 9.26. The van der Waals surface area contributed by atoms with E-state index >= 15 is 0 Å². The molecule has 1 aliphatic heterocycles. The van der Waals surface area contributed by atoms with E-state index in [0.29, 0.717) is 6.04 Å². The fourth-order valence-corrected chi connectivity index (χ4v) is 2.98. The van der Waals surface area contributed by atoms with E-state index in [4.69, 9.17) is 5.73 Å². The van der Waals surface area contributed by atoms with Crippen LogP contribution in [0.25, 0.3) is 0 Å². The number of fused-ring (bicyclic) bond motifs is 1. The van der Waals surface area contributed by atoms with E-state index in [1.165, 1.54) is 45.2 Å². The van der Waals surface area contributed by atoms with Crippen LogP contribution in [0.2, 0.25) is 0 Å². The number of hydrogen-bond donors (Lipinski definition) is 1. The minimum Gasteiger partial charge on any atom is -0.328 e. The first-order valence-corrected chi connectivity index (χ1v) is 5.77. The van der Waals surface area contributed by atoms with Crippen LogP contribution < -0.4 is 5.73 Å². The van der Waals surface area contributed by atoms with Gasteiger partial charge in [0.05, 0.1) is 0 Å². The Kier molecular flexibility index (Phi) is 2.89. The third kappa shape index (κ3) is 2.05. The summed E-state index contributed by atoms with van der Waals surface area (Å²) < 4.78 is 0. The molecule has 1 saturated carbocycles. The van der Waals surface area contributed by atoms with E-state index in [2.05, 4.69) is 11.8 Å². The molecule has 2 heteroatoms. The zero-order valence-electron chi connectivity index (χ0n) is 8.71. The van der Waals surface area contributed by atoms with Gasteiger partial charge < -0.3 is 10.6 Å². The highest BCUT2D eigenvalue weighted by atomic mass is 15.2. The van der Waals surface area contributed by atoms with Crippen molar-refractivity contribution in [2.75, 3.05) is 13.1 Å². The average Bonchev–Trinajstić information content (AvgIpc) is 2.60. The van der Waals surface area contributed by atoms with Crippen molar-refractivity contribution in [3.63, 3.8) is 0 Å². The van der Waals surface area contributed by atoms with E-state index in [9.17, 15) is 0 Å². The minimum absolute atomic E-state index is 0.375. The molecular formula is C11H22N2. The lowest BCUT2D eigenvalue weighted by Crippen LogP contribution is -2.33. The number of rotatable bonds is 3. The Morgan fingerprint density at radius 3 is 3.00 bits per heavy atom. The third-order valence-electron chi connectivity index (χ3n) is 3.75. The first-order chi connectivity index (χ1) is 6.27. The van der Waals surface area contributed by atoms with Gasteiger partial charge >= 0.3 is 0 Å². The molecule has 0 aromatic carbocycles. The van der Waals surface area contributed by atoms with Gasteiger partial charge in [0, 0.05) is 12.1 Å². The lowest BCUT2D eigenvalue weighted by molar-refractivity contribution is 0.234. The molecule has 1 heterocycles. The molecule has 13 heavy (non-hydrogen) atoms. The predicted molar refractivity (Wildman–Crippen MR) is 55.6 cm³/mol. The van der Waals surface area contributed by atoms with Crippen LogP contribution in [0, 0.1) is 5.92 Å². The molecule has 0 radical (unpaired) electrons. The molecule has 0 aromatic rings. The molecular weight excluding hydrogens is 160 g/mol. The van der Waals surface area contributed by atoms with Gasteiger partial charge in [0.1, 0.15) is 0 Å². The lowest BCUT2D eigenvalue weighted by atomic mass is 10.0. The van der Waals surface area contributed by atoms with Crippen molar-refractivity contribution >= 4 is 0 Å². The van der Waals surface area contributed by atoms with Crippen LogP contribution in [-0.4, -0.2) is 30.1 Å². The van der Waals surface area contributed by atoms with Crippen LogP contribution in [0.3, 0.4) is 0 Å². The Labute approximate surface area is 81.5 Å². The Bertz CT molecular complexity index is 167. The van der Waals surface area contributed by atoms with Crippen LogP contribution in [0.4, 0.5) is 0 Å². The van der Waals surface area contributed by atoms with E-state index in [0.717, 1.165) is 12.0 Å². The fourth-order valence-electron chi connectivity index (χ4n) is 2.98. The van der Waals surface area contributed by atoms with Crippen LogP contribution >= 0.6 is 0 Å². The standard InChI is InChI=1S/C11H22N2/c1-9(12)5-7-13-8-6-10-3-2-4-11(10)13/h9-11H,2-8,12H2,1H3. The first kappa shape index (κ1) is 9.47. The summed E-state index contributed by atoms with van der Waals surface area (Å²) in [4.78, 5) is 2.68. The van der Waals surface area contributed by atoms with E-state index < -0.39 is 0 Å². The van der Waals surface area contributed by atoms with Gasteiger partial charge in [0.25, 0.3) is 0 Å². The van der Waals surface area contributed by atoms with Crippen molar-refractivity contribution in [3.05, 3.63) is 0 Å². The largest absolute Gasteiger partial charge is 0.328 e. The summed E-state index contributed by atoms with van der Waals surface area (Å²) in [5.41, 5.74) is 5.78. The first-order valence-electron chi connectivity index (χ1n) is 5.77. The molecule has 3 atom stereocenters.